The van der Waals surface area contributed by atoms with Crippen LogP contribution in [0.25, 0.3) is 6.08 Å². The van der Waals surface area contributed by atoms with Crippen LogP contribution in [0.2, 0.25) is 0 Å². The van der Waals surface area contributed by atoms with Gasteiger partial charge in [0.1, 0.15) is 0 Å². The molecule has 0 radical (unpaired) electrons. The highest BCUT2D eigenvalue weighted by atomic mass is 16.5. The first-order valence-electron chi connectivity index (χ1n) is 4.22. The predicted molar refractivity (Wildman–Crippen MR) is 51.1 cm³/mol. The van der Waals surface area contributed by atoms with Gasteiger partial charge in [0, 0.05) is 18.0 Å². The molecule has 0 aliphatic heterocycles. The van der Waals surface area contributed by atoms with Crippen molar-refractivity contribution in [3.63, 3.8) is 0 Å². The van der Waals surface area contributed by atoms with Crippen LogP contribution in [0.3, 0.4) is 0 Å². The number of esters is 1. The van der Waals surface area contributed by atoms with Gasteiger partial charge in [-0.1, -0.05) is 0 Å². The van der Waals surface area contributed by atoms with Crippen LogP contribution in [0.15, 0.2) is 24.0 Å². The van der Waals surface area contributed by atoms with E-state index in [1.807, 2.05) is 18.5 Å². The number of aromatic nitrogens is 1. The van der Waals surface area contributed by atoms with Crippen molar-refractivity contribution < 1.29 is 9.53 Å². The first-order valence-corrected chi connectivity index (χ1v) is 4.22. The van der Waals surface area contributed by atoms with Gasteiger partial charge in [-0.05, 0) is 31.6 Å². The number of aromatic amines is 1. The molecule has 1 N–H and O–H groups in total. The van der Waals surface area contributed by atoms with Crippen molar-refractivity contribution in [3.05, 3.63) is 29.6 Å². The highest BCUT2D eigenvalue weighted by Gasteiger charge is 2.03. The van der Waals surface area contributed by atoms with Crippen LogP contribution in [0.5, 0.6) is 0 Å². The standard InChI is InChI=1S/C10H13NO2/c1-3-13-10(12)8(2)6-9-4-5-11-7-9/h4-7,11H,3H2,1-2H3/b8-6+. The molecule has 0 aliphatic carbocycles. The molecule has 1 aromatic heterocycles. The fourth-order valence-corrected chi connectivity index (χ4v) is 0.980. The second-order valence-corrected chi connectivity index (χ2v) is 2.69. The van der Waals surface area contributed by atoms with Crippen molar-refractivity contribution in [1.82, 2.24) is 4.98 Å². The molecule has 0 aromatic carbocycles. The Hall–Kier alpha value is -1.51. The molecule has 0 unspecified atom stereocenters. The van der Waals surface area contributed by atoms with Crippen molar-refractivity contribution in [2.75, 3.05) is 6.61 Å². The zero-order valence-electron chi connectivity index (χ0n) is 7.83. The van der Waals surface area contributed by atoms with E-state index in [4.69, 9.17) is 4.74 Å². The average molecular weight is 179 g/mol. The number of carbonyl (C=O) groups excluding carboxylic acids is 1. The van der Waals surface area contributed by atoms with E-state index >= 15 is 0 Å². The summed E-state index contributed by atoms with van der Waals surface area (Å²) in [6, 6.07) is 1.89. The second-order valence-electron chi connectivity index (χ2n) is 2.69. The van der Waals surface area contributed by atoms with Crippen molar-refractivity contribution >= 4 is 12.0 Å². The van der Waals surface area contributed by atoms with Crippen LogP contribution in [-0.4, -0.2) is 17.6 Å². The topological polar surface area (TPSA) is 42.1 Å². The summed E-state index contributed by atoms with van der Waals surface area (Å²) in [5.41, 5.74) is 1.59. The maximum absolute atomic E-state index is 11.2. The Morgan fingerprint density at radius 1 is 1.69 bits per heavy atom. The van der Waals surface area contributed by atoms with E-state index in [1.165, 1.54) is 0 Å². The normalized spacial score (nSPS) is 11.4. The molecule has 0 fully saturated rings. The summed E-state index contributed by atoms with van der Waals surface area (Å²) in [6.07, 6.45) is 5.42. The Bertz CT molecular complexity index is 299. The van der Waals surface area contributed by atoms with Gasteiger partial charge in [0.2, 0.25) is 0 Å². The molecule has 0 spiro atoms. The lowest BCUT2D eigenvalue weighted by Crippen LogP contribution is -2.04. The fraction of sp³-hybridized carbons (Fsp3) is 0.300. The van der Waals surface area contributed by atoms with Gasteiger partial charge in [0.25, 0.3) is 0 Å². The van der Waals surface area contributed by atoms with Crippen LogP contribution >= 0.6 is 0 Å². The van der Waals surface area contributed by atoms with Crippen LogP contribution in [-0.2, 0) is 9.53 Å². The molecule has 13 heavy (non-hydrogen) atoms. The predicted octanol–water partition coefficient (Wildman–Crippen LogP) is 1.98. The van der Waals surface area contributed by atoms with Gasteiger partial charge in [-0.2, -0.15) is 0 Å². The minimum Gasteiger partial charge on any atom is -0.463 e. The molecule has 0 atom stereocenters. The molecule has 0 aliphatic rings. The number of H-pyrrole nitrogens is 1. The van der Waals surface area contributed by atoms with E-state index in [1.54, 1.807) is 19.9 Å². The third-order valence-corrected chi connectivity index (χ3v) is 1.60. The first kappa shape index (κ1) is 9.58. The number of rotatable bonds is 3. The molecule has 0 bridgehead atoms. The van der Waals surface area contributed by atoms with E-state index in [0.29, 0.717) is 12.2 Å². The fourth-order valence-electron chi connectivity index (χ4n) is 0.980. The van der Waals surface area contributed by atoms with Gasteiger partial charge < -0.3 is 9.72 Å². The van der Waals surface area contributed by atoms with Crippen molar-refractivity contribution in [2.24, 2.45) is 0 Å². The molecule has 0 amide bonds. The molecule has 1 rings (SSSR count). The summed E-state index contributed by atoms with van der Waals surface area (Å²) in [6.45, 7) is 3.95. The first-order chi connectivity index (χ1) is 6.24. The summed E-state index contributed by atoms with van der Waals surface area (Å²) >= 11 is 0. The molecule has 1 heterocycles. The monoisotopic (exact) mass is 179 g/mol. The van der Waals surface area contributed by atoms with Gasteiger partial charge in [-0.15, -0.1) is 0 Å². The lowest BCUT2D eigenvalue weighted by molar-refractivity contribution is -0.138. The molecule has 0 saturated heterocycles. The van der Waals surface area contributed by atoms with Crippen LogP contribution in [0.4, 0.5) is 0 Å². The highest BCUT2D eigenvalue weighted by molar-refractivity contribution is 5.92. The Morgan fingerprint density at radius 2 is 2.46 bits per heavy atom. The van der Waals surface area contributed by atoms with E-state index in [2.05, 4.69) is 4.98 Å². The van der Waals surface area contributed by atoms with Crippen molar-refractivity contribution in [3.8, 4) is 0 Å². The van der Waals surface area contributed by atoms with Crippen LogP contribution in [0.1, 0.15) is 19.4 Å². The van der Waals surface area contributed by atoms with Gasteiger partial charge in [-0.25, -0.2) is 4.79 Å². The molecule has 1 aromatic rings. The van der Waals surface area contributed by atoms with E-state index in [0.717, 1.165) is 5.56 Å². The molecular weight excluding hydrogens is 166 g/mol. The Balaban J connectivity index is 2.66. The van der Waals surface area contributed by atoms with Crippen LogP contribution < -0.4 is 0 Å². The minimum atomic E-state index is -0.260. The number of hydrogen-bond acceptors (Lipinski definition) is 2. The smallest absolute Gasteiger partial charge is 0.333 e. The summed E-state index contributed by atoms with van der Waals surface area (Å²) in [5, 5.41) is 0. The molecule has 70 valence electrons. The average Bonchev–Trinajstić information content (AvgIpc) is 2.57. The van der Waals surface area contributed by atoms with Crippen molar-refractivity contribution in [2.45, 2.75) is 13.8 Å². The zero-order chi connectivity index (χ0) is 9.68. The number of nitrogens with one attached hydrogen (secondary N) is 1. The maximum Gasteiger partial charge on any atom is 0.333 e. The molecule has 3 nitrogen and oxygen atoms in total. The van der Waals surface area contributed by atoms with E-state index in [9.17, 15) is 4.79 Å². The Kier molecular flexibility index (Phi) is 3.31. The SMILES string of the molecule is CCOC(=O)/C(C)=C/c1cc[nH]c1. The third-order valence-electron chi connectivity index (χ3n) is 1.60. The van der Waals surface area contributed by atoms with Gasteiger partial charge in [-0.3, -0.25) is 0 Å². The van der Waals surface area contributed by atoms with Crippen LogP contribution in [0, 0.1) is 0 Å². The Morgan fingerprint density at radius 3 is 3.00 bits per heavy atom. The lowest BCUT2D eigenvalue weighted by Gasteiger charge is -1.99. The quantitative estimate of drug-likeness (QED) is 0.569. The Labute approximate surface area is 77.4 Å². The summed E-state index contributed by atoms with van der Waals surface area (Å²) in [5.74, 6) is -0.260. The third kappa shape index (κ3) is 2.78. The summed E-state index contributed by atoms with van der Waals surface area (Å²) in [7, 11) is 0. The molecule has 3 heteroatoms. The van der Waals surface area contributed by atoms with Gasteiger partial charge >= 0.3 is 5.97 Å². The second kappa shape index (κ2) is 4.50. The summed E-state index contributed by atoms with van der Waals surface area (Å²) < 4.78 is 4.84. The lowest BCUT2D eigenvalue weighted by atomic mass is 10.2. The van der Waals surface area contributed by atoms with E-state index < -0.39 is 0 Å². The minimum absolute atomic E-state index is 0.260. The number of ether oxygens (including phenoxy) is 1. The van der Waals surface area contributed by atoms with Gasteiger partial charge in [0.15, 0.2) is 0 Å². The zero-order valence-corrected chi connectivity index (χ0v) is 7.83. The molecular formula is C10H13NO2. The molecule has 0 saturated carbocycles. The summed E-state index contributed by atoms with van der Waals surface area (Å²) in [4.78, 5) is 14.1. The largest absolute Gasteiger partial charge is 0.463 e. The van der Waals surface area contributed by atoms with E-state index in [-0.39, 0.29) is 5.97 Å². The van der Waals surface area contributed by atoms with Gasteiger partial charge in [0.05, 0.1) is 6.61 Å². The van der Waals surface area contributed by atoms with Crippen molar-refractivity contribution in [1.29, 1.82) is 0 Å². The number of hydrogen-bond donors (Lipinski definition) is 1. The number of carbonyl (C=O) groups is 1. The highest BCUT2D eigenvalue weighted by Crippen LogP contribution is 2.06. The maximum atomic E-state index is 11.2.